The number of nitrogen functional groups attached to an aromatic ring is 3. The number of hydrogen-bond acceptors (Lipinski definition) is 30. The van der Waals surface area contributed by atoms with Gasteiger partial charge in [0.2, 0.25) is 0 Å². The summed E-state index contributed by atoms with van der Waals surface area (Å²) >= 11 is 0. The molecule has 0 aliphatic carbocycles. The molecule has 45 heteroatoms. The molecule has 3 aliphatic rings. The highest BCUT2D eigenvalue weighted by atomic mass is 31.3. The molecule has 0 aromatic carbocycles. The Morgan fingerprint density at radius 2 is 0.840 bits per heavy atom. The number of nitrogens with one attached hydrogen (secondary N) is 1. The SMILES string of the molecule is Nc1ncnc2c1ncn2[C@@H]1O[C@H](COP(=O)(O)O[C@H]2[C@@H](O)[C@H](n3cnc4c(N)ncnc43)O[C@@H]2COP(=O)(O)O[C@@H]2[C@H](O)[C@@H](n3cnc4c(N)ncnc43)O[C@H]2COP(=O)(O)OP(=O)(O)NP(=O)(O)O)[C@@H](O)[C@H]1O. The number of aliphatic hydroxyl groups is 4. The van der Waals surface area contributed by atoms with E-state index in [0.29, 0.717) is 0 Å². The van der Waals surface area contributed by atoms with Crippen LogP contribution in [0, 0.1) is 0 Å². The lowest BCUT2D eigenvalue weighted by molar-refractivity contribution is -0.0616. The Labute approximate surface area is 415 Å². The Morgan fingerprint density at radius 3 is 1.23 bits per heavy atom. The van der Waals surface area contributed by atoms with E-state index in [0.717, 1.165) is 45.6 Å². The van der Waals surface area contributed by atoms with Crippen molar-refractivity contribution >= 4 is 89.9 Å². The number of anilines is 3. The second kappa shape index (κ2) is 20.6. The third kappa shape index (κ3) is 11.7. The maximum atomic E-state index is 13.8. The van der Waals surface area contributed by atoms with Crippen molar-refractivity contribution < 1.29 is 114 Å². The quantitative estimate of drug-likeness (QED) is 0.0327. The number of nitrogens with zero attached hydrogens (tertiary/aromatic N) is 12. The van der Waals surface area contributed by atoms with Crippen LogP contribution in [0.1, 0.15) is 18.7 Å². The van der Waals surface area contributed by atoms with Crippen LogP contribution < -0.4 is 22.1 Å². The van der Waals surface area contributed by atoms with E-state index in [2.05, 4.69) is 49.2 Å². The molecule has 6 aromatic rings. The number of phosphoric acid groups is 3. The molecule has 3 fully saturated rings. The van der Waals surface area contributed by atoms with Gasteiger partial charge in [-0.05, 0) is 0 Å². The van der Waals surface area contributed by atoms with E-state index in [1.54, 1.807) is 0 Å². The molecule has 3 saturated heterocycles. The average molecular weight is 1160 g/mol. The summed E-state index contributed by atoms with van der Waals surface area (Å²) in [6.07, 6.45) is -15.7. The van der Waals surface area contributed by atoms with Gasteiger partial charge in [-0.3, -0.25) is 36.3 Å². The zero-order valence-electron chi connectivity index (χ0n) is 37.0. The van der Waals surface area contributed by atoms with E-state index in [4.69, 9.17) is 63.8 Å². The minimum atomic E-state index is -5.84. The Kier molecular flexibility index (Phi) is 15.2. The van der Waals surface area contributed by atoms with Crippen LogP contribution in [-0.2, 0) is 64.0 Å². The van der Waals surface area contributed by atoms with Crippen LogP contribution >= 0.6 is 39.0 Å². The summed E-state index contributed by atoms with van der Waals surface area (Å²) in [4.78, 5) is 96.7. The van der Waals surface area contributed by atoms with Gasteiger partial charge in [-0.2, -0.15) is 4.31 Å². The molecule has 0 bridgehead atoms. The maximum absolute atomic E-state index is 13.8. The molecule has 6 aromatic heterocycles. The molecule has 0 spiro atoms. The Balaban J connectivity index is 0.933. The fraction of sp³-hybridized carbons (Fsp3) is 0.500. The molecule has 0 radical (unpaired) electrons. The van der Waals surface area contributed by atoms with Crippen LogP contribution in [0.3, 0.4) is 0 Å². The van der Waals surface area contributed by atoms with Gasteiger partial charge < -0.3 is 81.2 Å². The largest absolute Gasteiger partial charge is 0.480 e. The number of fused-ring (bicyclic) bond motifs is 3. The van der Waals surface area contributed by atoms with Crippen molar-refractivity contribution in [3.05, 3.63) is 38.0 Å². The molecular weight excluding hydrogens is 1120 g/mol. The number of rotatable bonds is 20. The fourth-order valence-corrected chi connectivity index (χ4v) is 13.3. The number of nitrogens with two attached hydrogens (primary N) is 3. The van der Waals surface area contributed by atoms with E-state index in [1.165, 1.54) is 10.9 Å². The van der Waals surface area contributed by atoms with Crippen molar-refractivity contribution in [1.29, 1.82) is 0 Å². The molecule has 17 N–H and O–H groups in total. The molecule has 0 amide bonds. The maximum Gasteiger partial charge on any atom is 0.480 e. The van der Waals surface area contributed by atoms with Crippen molar-refractivity contribution in [2.75, 3.05) is 37.0 Å². The first-order valence-electron chi connectivity index (χ1n) is 20.8. The van der Waals surface area contributed by atoms with Gasteiger partial charge in [-0.1, -0.05) is 0 Å². The molecule has 16 atom stereocenters. The number of phosphoric ester groups is 3. The van der Waals surface area contributed by atoms with Gasteiger partial charge in [0.25, 0.3) is 0 Å². The lowest BCUT2D eigenvalue weighted by Crippen LogP contribution is -2.38. The summed E-state index contributed by atoms with van der Waals surface area (Å²) in [5.41, 5.74) is 17.7. The monoisotopic (exact) mass is 1160 g/mol. The molecule has 3 aliphatic heterocycles. The molecule has 9 rings (SSSR count). The summed E-state index contributed by atoms with van der Waals surface area (Å²) in [6.45, 7) is -3.51. The summed E-state index contributed by atoms with van der Waals surface area (Å²) in [5.74, 6) is -0.271. The summed E-state index contributed by atoms with van der Waals surface area (Å²) in [5, 5.41) is 44.9. The van der Waals surface area contributed by atoms with Crippen molar-refractivity contribution in [3.8, 4) is 0 Å². The van der Waals surface area contributed by atoms with E-state index in [9.17, 15) is 62.8 Å². The van der Waals surface area contributed by atoms with Gasteiger partial charge in [0, 0.05) is 0 Å². The normalized spacial score (nSPS) is 30.7. The number of aromatic nitrogens is 12. The van der Waals surface area contributed by atoms with Crippen LogP contribution in [0.2, 0.25) is 0 Å². The first-order chi connectivity index (χ1) is 35.1. The highest BCUT2D eigenvalue weighted by Crippen LogP contribution is 2.62. The molecule has 40 nitrogen and oxygen atoms in total. The predicted octanol–water partition coefficient (Wildman–Crippen LogP) is -3.69. The van der Waals surface area contributed by atoms with Crippen LogP contribution in [0.4, 0.5) is 17.5 Å². The van der Waals surface area contributed by atoms with E-state index < -0.39 is 132 Å². The average Bonchev–Trinajstić information content (AvgIpc) is 4.18. The van der Waals surface area contributed by atoms with E-state index in [-0.39, 0.29) is 50.9 Å². The van der Waals surface area contributed by atoms with Crippen LogP contribution in [0.25, 0.3) is 33.5 Å². The highest BCUT2D eigenvalue weighted by Gasteiger charge is 2.54. The third-order valence-corrected chi connectivity index (χ3v) is 17.3. The Hall–Kier alpha value is -4.60. The number of hydrogen-bond donors (Lipinski definition) is 14. The third-order valence-electron chi connectivity index (χ3n) is 11.1. The second-order valence-corrected chi connectivity index (χ2v) is 23.7. The Bertz CT molecular complexity index is 3350. The molecular formula is C30H41N16O24P5. The number of imidazole rings is 3. The molecule has 4 unspecified atom stereocenters. The molecule has 410 valence electrons. The van der Waals surface area contributed by atoms with Gasteiger partial charge in [0.1, 0.15) is 90.5 Å². The van der Waals surface area contributed by atoms with Gasteiger partial charge in [0.05, 0.1) is 38.8 Å². The van der Waals surface area contributed by atoms with Crippen LogP contribution in [-0.4, -0.2) is 183 Å². The van der Waals surface area contributed by atoms with Crippen molar-refractivity contribution in [2.24, 2.45) is 0 Å². The number of ether oxygens (including phenoxy) is 3. The van der Waals surface area contributed by atoms with Gasteiger partial charge in [-0.25, -0.2) is 67.7 Å². The standard InChI is InChI=1S/C30H41N16O24P5/c31-22-13-25(37-4-34-22)44(7-40-13)28-17(48)16(47)10(65-28)1-62-73(56,57)68-20-11(66-29(18(20)49)45-8-41-14-23(32)35-5-38-26(14)45)2-63-74(58,59)69-21-12(3-64-75(60,61)70-72(54,55)43-71(51,52)53)67-30(19(21)50)46-9-42-15-24(33)36-6-39-27(15)46/h4-12,16-21,28-30,47-50H,1-3H2,(H,56,57)(H,58,59)(H,60,61)(H2,31,34,37)(H2,32,35,38)(H2,33,36,39)(H4,43,51,52,53,54,55)/t10-,11-,12+,16-,17-,18-,19+,20-,21+,28-,29-,30+/m1/s1. The van der Waals surface area contributed by atoms with Crippen LogP contribution in [0.15, 0.2) is 38.0 Å². The summed E-state index contributed by atoms with van der Waals surface area (Å²) in [6, 6.07) is 0. The minimum absolute atomic E-state index is 0.00573. The topological polar surface area (TPSA) is 592 Å². The first kappa shape index (κ1) is 55.2. The fourth-order valence-electron chi connectivity index (χ4n) is 7.91. The van der Waals surface area contributed by atoms with Crippen LogP contribution in [0.5, 0.6) is 0 Å². The zero-order chi connectivity index (χ0) is 54.2. The number of aliphatic hydroxyl groups excluding tert-OH is 4. The second-order valence-electron chi connectivity index (χ2n) is 16.1. The van der Waals surface area contributed by atoms with Crippen molar-refractivity contribution in [3.63, 3.8) is 0 Å². The van der Waals surface area contributed by atoms with E-state index in [1.807, 2.05) is 0 Å². The van der Waals surface area contributed by atoms with Gasteiger partial charge >= 0.3 is 39.0 Å². The van der Waals surface area contributed by atoms with Crippen molar-refractivity contribution in [2.45, 2.75) is 73.6 Å². The van der Waals surface area contributed by atoms with Gasteiger partial charge in [0.15, 0.2) is 53.1 Å². The van der Waals surface area contributed by atoms with Crippen molar-refractivity contribution in [1.82, 2.24) is 63.4 Å². The minimum Gasteiger partial charge on any atom is -0.387 e. The molecule has 9 heterocycles. The van der Waals surface area contributed by atoms with Gasteiger partial charge in [-0.15, -0.1) is 4.86 Å². The summed E-state index contributed by atoms with van der Waals surface area (Å²) < 4.78 is 114. The zero-order valence-corrected chi connectivity index (χ0v) is 41.5. The summed E-state index contributed by atoms with van der Waals surface area (Å²) in [7, 11) is -28.4. The molecule has 75 heavy (non-hydrogen) atoms. The highest BCUT2D eigenvalue weighted by molar-refractivity contribution is 7.70. The lowest BCUT2D eigenvalue weighted by Gasteiger charge is -2.26. The predicted molar refractivity (Wildman–Crippen MR) is 238 cm³/mol. The smallest absolute Gasteiger partial charge is 0.387 e. The Morgan fingerprint density at radius 1 is 0.493 bits per heavy atom. The lowest BCUT2D eigenvalue weighted by atomic mass is 10.1. The molecule has 0 saturated carbocycles. The first-order valence-corrected chi connectivity index (χ1v) is 28.4. The van der Waals surface area contributed by atoms with E-state index >= 15 is 0 Å².